The highest BCUT2D eigenvalue weighted by Gasteiger charge is 2.49. The largest absolute Gasteiger partial charge is 0.342 e. The van der Waals surface area contributed by atoms with E-state index in [0.717, 1.165) is 55.1 Å². The molecule has 4 nitrogen and oxygen atoms in total. The summed E-state index contributed by atoms with van der Waals surface area (Å²) in [5.41, 5.74) is 0. The highest BCUT2D eigenvalue weighted by atomic mass is 32.2. The maximum atomic E-state index is 12.8. The molecule has 2 aliphatic heterocycles. The number of hydrogen-bond donors (Lipinski definition) is 0. The summed E-state index contributed by atoms with van der Waals surface area (Å²) < 4.78 is -0.403. The number of fused-ring (bicyclic) bond motifs is 2. The maximum Gasteiger partial charge on any atom is 0.263 e. The van der Waals surface area contributed by atoms with Crippen LogP contribution in [-0.4, -0.2) is 39.6 Å². The van der Waals surface area contributed by atoms with E-state index in [1.807, 2.05) is 18.7 Å². The lowest BCUT2D eigenvalue weighted by Gasteiger charge is -2.39. The molecule has 4 aliphatic rings. The fourth-order valence-electron chi connectivity index (χ4n) is 5.75. The Balaban J connectivity index is 1.34. The zero-order valence-electron chi connectivity index (χ0n) is 16.4. The van der Waals surface area contributed by atoms with E-state index in [-0.39, 0.29) is 17.7 Å². The summed E-state index contributed by atoms with van der Waals surface area (Å²) in [5, 5.41) is 1.09. The van der Waals surface area contributed by atoms with Gasteiger partial charge in [-0.3, -0.25) is 9.59 Å². The topological polar surface area (TPSA) is 49.7 Å². The van der Waals surface area contributed by atoms with Gasteiger partial charge in [0, 0.05) is 19.0 Å². The molecule has 0 N–H and O–H groups in total. The first-order valence-corrected chi connectivity index (χ1v) is 11.3. The minimum atomic E-state index is -0.403. The molecule has 144 valence electrons. The Kier molecular flexibility index (Phi) is 4.96. The van der Waals surface area contributed by atoms with Gasteiger partial charge in [0.2, 0.25) is 5.91 Å². The third-order valence-electron chi connectivity index (χ3n) is 7.38. The molecule has 0 aromatic heterocycles. The lowest BCUT2D eigenvalue weighted by molar-refractivity contribution is -0.136. The van der Waals surface area contributed by atoms with E-state index in [2.05, 4.69) is 11.9 Å². The first kappa shape index (κ1) is 18.5. The van der Waals surface area contributed by atoms with E-state index in [1.165, 1.54) is 25.7 Å². The second-order valence-electron chi connectivity index (χ2n) is 9.41. The molecule has 0 spiro atoms. The van der Waals surface area contributed by atoms with Crippen molar-refractivity contribution in [2.75, 3.05) is 13.1 Å². The van der Waals surface area contributed by atoms with Crippen molar-refractivity contribution < 1.29 is 9.59 Å². The number of rotatable bonds is 4. The zero-order chi connectivity index (χ0) is 18.5. The Bertz CT molecular complexity index is 624. The Morgan fingerprint density at radius 2 is 1.96 bits per heavy atom. The van der Waals surface area contributed by atoms with Crippen LogP contribution in [0.5, 0.6) is 0 Å². The molecular formula is C21H32N2O2S. The molecule has 2 heterocycles. The van der Waals surface area contributed by atoms with Crippen LogP contribution in [0.3, 0.4) is 0 Å². The van der Waals surface area contributed by atoms with Crippen LogP contribution in [0, 0.1) is 29.6 Å². The number of thioether (sulfide) groups is 1. The van der Waals surface area contributed by atoms with Gasteiger partial charge in [-0.2, -0.15) is 0 Å². The number of amides is 2. The second-order valence-corrected chi connectivity index (χ2v) is 10.9. The van der Waals surface area contributed by atoms with Crippen LogP contribution < -0.4 is 0 Å². The monoisotopic (exact) mass is 376 g/mol. The minimum Gasteiger partial charge on any atom is -0.342 e. The average molecular weight is 377 g/mol. The number of carbonyl (C=O) groups excluding carboxylic acids is 2. The summed E-state index contributed by atoms with van der Waals surface area (Å²) in [5.74, 6) is 3.30. The lowest BCUT2D eigenvalue weighted by Crippen LogP contribution is -2.47. The number of hydrogen-bond acceptors (Lipinski definition) is 3. The molecular weight excluding hydrogens is 344 g/mol. The molecule has 26 heavy (non-hydrogen) atoms. The summed E-state index contributed by atoms with van der Waals surface area (Å²) in [6.07, 6.45) is 8.44. The molecule has 0 aromatic carbocycles. The van der Waals surface area contributed by atoms with E-state index in [9.17, 15) is 9.59 Å². The molecule has 1 saturated heterocycles. The van der Waals surface area contributed by atoms with E-state index in [0.29, 0.717) is 5.92 Å². The number of piperidine rings is 1. The maximum absolute atomic E-state index is 12.8. The summed E-state index contributed by atoms with van der Waals surface area (Å²) in [6, 6.07) is 0. The van der Waals surface area contributed by atoms with Gasteiger partial charge in [-0.1, -0.05) is 32.0 Å². The number of carbonyl (C=O) groups is 2. The van der Waals surface area contributed by atoms with Crippen LogP contribution in [-0.2, 0) is 9.59 Å². The van der Waals surface area contributed by atoms with Crippen LogP contribution >= 0.6 is 11.8 Å². The fraction of sp³-hybridized carbons (Fsp3) is 0.857. The van der Waals surface area contributed by atoms with Gasteiger partial charge in [0.25, 0.3) is 5.91 Å². The van der Waals surface area contributed by atoms with Crippen LogP contribution in [0.15, 0.2) is 4.99 Å². The highest BCUT2D eigenvalue weighted by molar-refractivity contribution is 8.16. The Hall–Kier alpha value is -0.840. The minimum absolute atomic E-state index is 0.0568. The lowest BCUT2D eigenvalue weighted by atomic mass is 9.84. The predicted octanol–water partition coefficient (Wildman–Crippen LogP) is 4.14. The third kappa shape index (κ3) is 3.25. The van der Waals surface area contributed by atoms with E-state index in [4.69, 9.17) is 0 Å². The molecule has 2 aliphatic carbocycles. The van der Waals surface area contributed by atoms with Crippen molar-refractivity contribution in [3.05, 3.63) is 0 Å². The van der Waals surface area contributed by atoms with Gasteiger partial charge >= 0.3 is 0 Å². The molecule has 3 fully saturated rings. The van der Waals surface area contributed by atoms with Gasteiger partial charge < -0.3 is 4.90 Å². The van der Waals surface area contributed by atoms with Crippen LogP contribution in [0.1, 0.15) is 65.7 Å². The molecule has 1 unspecified atom stereocenters. The van der Waals surface area contributed by atoms with Crippen molar-refractivity contribution in [1.29, 1.82) is 0 Å². The smallest absolute Gasteiger partial charge is 0.263 e. The fourth-order valence-corrected chi connectivity index (χ4v) is 7.20. The Morgan fingerprint density at radius 3 is 2.54 bits per heavy atom. The predicted molar refractivity (Wildman–Crippen MR) is 106 cm³/mol. The molecule has 4 atom stereocenters. The second kappa shape index (κ2) is 6.96. The van der Waals surface area contributed by atoms with Gasteiger partial charge in [0.1, 0.15) is 4.75 Å². The molecule has 4 rings (SSSR count). The summed E-state index contributed by atoms with van der Waals surface area (Å²) in [4.78, 5) is 31.5. The van der Waals surface area contributed by atoms with Gasteiger partial charge in [-0.25, -0.2) is 4.99 Å². The average Bonchev–Trinajstić information content (AvgIpc) is 3.30. The van der Waals surface area contributed by atoms with Crippen molar-refractivity contribution >= 4 is 28.6 Å². The SMILES string of the molecule is CC(C)C(=O)N1CCC(C2(C)SC(C[C@H]3C[C@@H]4CC[C@H]3C4)=NC2=O)CC1. The summed E-state index contributed by atoms with van der Waals surface area (Å²) >= 11 is 1.75. The first-order chi connectivity index (χ1) is 12.4. The van der Waals surface area contributed by atoms with Crippen molar-refractivity contribution in [3.63, 3.8) is 0 Å². The number of likely N-dealkylation sites (tertiary alicyclic amines) is 1. The van der Waals surface area contributed by atoms with E-state index >= 15 is 0 Å². The molecule has 5 heteroatoms. The van der Waals surface area contributed by atoms with Gasteiger partial charge in [-0.15, -0.1) is 0 Å². The van der Waals surface area contributed by atoms with Crippen LogP contribution in [0.25, 0.3) is 0 Å². The Labute approximate surface area is 161 Å². The highest BCUT2D eigenvalue weighted by Crippen LogP contribution is 2.52. The molecule has 2 saturated carbocycles. The van der Waals surface area contributed by atoms with Crippen molar-refractivity contribution in [3.8, 4) is 0 Å². The van der Waals surface area contributed by atoms with E-state index in [1.54, 1.807) is 11.8 Å². The zero-order valence-corrected chi connectivity index (χ0v) is 17.2. The van der Waals surface area contributed by atoms with Crippen LogP contribution in [0.2, 0.25) is 0 Å². The third-order valence-corrected chi connectivity index (χ3v) is 8.81. The summed E-state index contributed by atoms with van der Waals surface area (Å²) in [7, 11) is 0. The van der Waals surface area contributed by atoms with Crippen molar-refractivity contribution in [2.24, 2.45) is 34.6 Å². The molecule has 2 bridgehead atoms. The van der Waals surface area contributed by atoms with Crippen molar-refractivity contribution in [2.45, 2.75) is 70.5 Å². The van der Waals surface area contributed by atoms with Gasteiger partial charge in [-0.05, 0) is 69.1 Å². The number of aliphatic imine (C=N–C) groups is 1. The first-order valence-electron chi connectivity index (χ1n) is 10.5. The van der Waals surface area contributed by atoms with Crippen LogP contribution in [0.4, 0.5) is 0 Å². The quantitative estimate of drug-likeness (QED) is 0.741. The Morgan fingerprint density at radius 1 is 1.23 bits per heavy atom. The van der Waals surface area contributed by atoms with E-state index < -0.39 is 4.75 Å². The van der Waals surface area contributed by atoms with Gasteiger partial charge in [0.05, 0.1) is 5.04 Å². The van der Waals surface area contributed by atoms with Gasteiger partial charge in [0.15, 0.2) is 0 Å². The summed E-state index contributed by atoms with van der Waals surface area (Å²) in [6.45, 7) is 7.59. The van der Waals surface area contributed by atoms with Crippen molar-refractivity contribution in [1.82, 2.24) is 4.90 Å². The molecule has 0 radical (unpaired) electrons. The molecule has 0 aromatic rings. The molecule has 2 amide bonds. The standard InChI is InChI=1S/C21H32N2O2S/c1-13(2)19(24)23-8-6-17(7-9-23)21(3)20(25)22-18(26-21)12-16-11-14-4-5-15(16)10-14/h13-17H,4-12H2,1-3H3/t14-,15+,16-,21?/m1/s1. The normalized spacial score (nSPS) is 37.7. The number of nitrogens with zero attached hydrogens (tertiary/aromatic N) is 2.